The number of alkyl halides is 3. The maximum absolute atomic E-state index is 12.5. The van der Waals surface area contributed by atoms with E-state index in [-0.39, 0.29) is 11.3 Å². The Morgan fingerprint density at radius 3 is 2.47 bits per heavy atom. The molecule has 1 atom stereocenters. The van der Waals surface area contributed by atoms with Gasteiger partial charge in [0.15, 0.2) is 5.78 Å². The van der Waals surface area contributed by atoms with E-state index in [0.717, 1.165) is 18.2 Å². The SMILES string of the molecule is CNC(C)C(=O)c1cc(C(F)(F)F)ccc1N. The van der Waals surface area contributed by atoms with E-state index in [0.29, 0.717) is 0 Å². The zero-order valence-electron chi connectivity index (χ0n) is 9.43. The molecule has 0 aliphatic carbocycles. The summed E-state index contributed by atoms with van der Waals surface area (Å²) in [6.07, 6.45) is -4.48. The van der Waals surface area contributed by atoms with Crippen molar-refractivity contribution in [1.82, 2.24) is 5.32 Å². The summed E-state index contributed by atoms with van der Waals surface area (Å²) >= 11 is 0. The molecule has 17 heavy (non-hydrogen) atoms. The summed E-state index contributed by atoms with van der Waals surface area (Å²) in [5, 5.41) is 2.66. The van der Waals surface area contributed by atoms with Crippen LogP contribution in [0.5, 0.6) is 0 Å². The summed E-state index contributed by atoms with van der Waals surface area (Å²) in [6, 6.07) is 2.15. The first kappa shape index (κ1) is 13.5. The number of carbonyl (C=O) groups excluding carboxylic acids is 1. The first-order chi connectivity index (χ1) is 7.77. The second-order valence-electron chi connectivity index (χ2n) is 3.67. The number of hydrogen-bond acceptors (Lipinski definition) is 3. The average molecular weight is 246 g/mol. The van der Waals surface area contributed by atoms with Gasteiger partial charge in [0.1, 0.15) is 0 Å². The van der Waals surface area contributed by atoms with E-state index < -0.39 is 23.6 Å². The molecule has 3 nitrogen and oxygen atoms in total. The standard InChI is InChI=1S/C11H13F3N2O/c1-6(16-2)10(17)8-5-7(11(12,13)14)3-4-9(8)15/h3-6,16H,15H2,1-2H3. The summed E-state index contributed by atoms with van der Waals surface area (Å²) in [4.78, 5) is 11.8. The van der Waals surface area contributed by atoms with Crippen molar-refractivity contribution < 1.29 is 18.0 Å². The second kappa shape index (κ2) is 4.75. The molecular formula is C11H13F3N2O. The van der Waals surface area contributed by atoms with Gasteiger partial charge in [0.25, 0.3) is 0 Å². The third-order valence-corrected chi connectivity index (χ3v) is 2.47. The molecule has 6 heteroatoms. The highest BCUT2D eigenvalue weighted by atomic mass is 19.4. The topological polar surface area (TPSA) is 55.1 Å². The highest BCUT2D eigenvalue weighted by Gasteiger charge is 2.31. The molecule has 3 N–H and O–H groups in total. The molecule has 0 saturated carbocycles. The van der Waals surface area contributed by atoms with Gasteiger partial charge < -0.3 is 11.1 Å². The molecule has 1 rings (SSSR count). The second-order valence-corrected chi connectivity index (χ2v) is 3.67. The van der Waals surface area contributed by atoms with Crippen LogP contribution in [0.15, 0.2) is 18.2 Å². The highest BCUT2D eigenvalue weighted by molar-refractivity contribution is 6.04. The number of hydrogen-bond donors (Lipinski definition) is 2. The lowest BCUT2D eigenvalue weighted by Crippen LogP contribution is -2.31. The number of anilines is 1. The van der Waals surface area contributed by atoms with Gasteiger partial charge in [-0.25, -0.2) is 0 Å². The number of ketones is 1. The minimum Gasteiger partial charge on any atom is -0.398 e. The number of nitrogens with one attached hydrogen (secondary N) is 1. The third-order valence-electron chi connectivity index (χ3n) is 2.47. The number of carbonyl (C=O) groups is 1. The molecule has 0 saturated heterocycles. The molecule has 0 spiro atoms. The summed E-state index contributed by atoms with van der Waals surface area (Å²) in [7, 11) is 1.55. The van der Waals surface area contributed by atoms with E-state index in [4.69, 9.17) is 5.73 Å². The predicted molar refractivity (Wildman–Crippen MR) is 58.7 cm³/mol. The fourth-order valence-electron chi connectivity index (χ4n) is 1.31. The summed E-state index contributed by atoms with van der Waals surface area (Å²) in [5.74, 6) is -0.462. The number of Topliss-reactive ketones (excluding diaryl/α,β-unsaturated/α-hetero) is 1. The maximum Gasteiger partial charge on any atom is 0.416 e. The Morgan fingerprint density at radius 1 is 1.41 bits per heavy atom. The van der Waals surface area contributed by atoms with Gasteiger partial charge in [-0.1, -0.05) is 0 Å². The molecule has 0 radical (unpaired) electrons. The van der Waals surface area contributed by atoms with Gasteiger partial charge in [0, 0.05) is 11.3 Å². The van der Waals surface area contributed by atoms with Crippen molar-refractivity contribution in [3.8, 4) is 0 Å². The Bertz CT molecular complexity index is 429. The van der Waals surface area contributed by atoms with E-state index in [2.05, 4.69) is 5.32 Å². The van der Waals surface area contributed by atoms with E-state index in [1.54, 1.807) is 14.0 Å². The molecule has 0 aliphatic rings. The van der Waals surface area contributed by atoms with Crippen LogP contribution in [0, 0.1) is 0 Å². The van der Waals surface area contributed by atoms with Crippen LogP contribution in [-0.2, 0) is 6.18 Å². The lowest BCUT2D eigenvalue weighted by Gasteiger charge is -2.13. The largest absolute Gasteiger partial charge is 0.416 e. The van der Waals surface area contributed by atoms with Crippen molar-refractivity contribution in [1.29, 1.82) is 0 Å². The van der Waals surface area contributed by atoms with Crippen molar-refractivity contribution in [3.63, 3.8) is 0 Å². The normalized spacial score (nSPS) is 13.5. The fraction of sp³-hybridized carbons (Fsp3) is 0.364. The minimum atomic E-state index is -4.48. The van der Waals surface area contributed by atoms with Crippen molar-refractivity contribution in [2.24, 2.45) is 0 Å². The Kier molecular flexibility index (Phi) is 3.77. The Balaban J connectivity index is 3.20. The van der Waals surface area contributed by atoms with Crippen LogP contribution in [-0.4, -0.2) is 18.9 Å². The zero-order valence-corrected chi connectivity index (χ0v) is 9.43. The maximum atomic E-state index is 12.5. The fourth-order valence-corrected chi connectivity index (χ4v) is 1.31. The number of halogens is 3. The number of rotatable bonds is 3. The van der Waals surface area contributed by atoms with Gasteiger partial charge in [-0.15, -0.1) is 0 Å². The third kappa shape index (κ3) is 2.97. The van der Waals surface area contributed by atoms with Crippen LogP contribution in [0.25, 0.3) is 0 Å². The number of likely N-dealkylation sites (N-methyl/N-ethyl adjacent to an activating group) is 1. The number of nitrogen functional groups attached to an aromatic ring is 1. The van der Waals surface area contributed by atoms with Gasteiger partial charge in [-0.05, 0) is 32.2 Å². The average Bonchev–Trinajstić information content (AvgIpc) is 2.26. The smallest absolute Gasteiger partial charge is 0.398 e. The molecule has 0 heterocycles. The number of nitrogens with two attached hydrogens (primary N) is 1. The number of benzene rings is 1. The molecule has 1 unspecified atom stereocenters. The van der Waals surface area contributed by atoms with Crippen LogP contribution in [0.1, 0.15) is 22.8 Å². The Morgan fingerprint density at radius 2 is 2.00 bits per heavy atom. The van der Waals surface area contributed by atoms with Crippen LogP contribution in [0.3, 0.4) is 0 Å². The molecule has 0 aromatic heterocycles. The monoisotopic (exact) mass is 246 g/mol. The Hall–Kier alpha value is -1.56. The zero-order chi connectivity index (χ0) is 13.2. The molecule has 0 aliphatic heterocycles. The molecule has 1 aromatic rings. The van der Waals surface area contributed by atoms with Crippen LogP contribution in [0.4, 0.5) is 18.9 Å². The van der Waals surface area contributed by atoms with E-state index in [9.17, 15) is 18.0 Å². The molecule has 0 amide bonds. The summed E-state index contributed by atoms with van der Waals surface area (Å²) in [6.45, 7) is 1.56. The first-order valence-corrected chi connectivity index (χ1v) is 4.95. The first-order valence-electron chi connectivity index (χ1n) is 4.95. The van der Waals surface area contributed by atoms with Crippen LogP contribution in [0.2, 0.25) is 0 Å². The van der Waals surface area contributed by atoms with Crippen molar-refractivity contribution in [2.75, 3.05) is 12.8 Å². The van der Waals surface area contributed by atoms with Crippen molar-refractivity contribution >= 4 is 11.5 Å². The Labute approximate surface area is 96.8 Å². The van der Waals surface area contributed by atoms with Gasteiger partial charge in [0.05, 0.1) is 11.6 Å². The predicted octanol–water partition coefficient (Wildman–Crippen LogP) is 2.08. The minimum absolute atomic E-state index is 0.0464. The van der Waals surface area contributed by atoms with Crippen molar-refractivity contribution in [3.05, 3.63) is 29.3 Å². The molecule has 1 aromatic carbocycles. The molecular weight excluding hydrogens is 233 g/mol. The molecule has 0 fully saturated rings. The van der Waals surface area contributed by atoms with Gasteiger partial charge >= 0.3 is 6.18 Å². The lowest BCUT2D eigenvalue weighted by molar-refractivity contribution is -0.137. The van der Waals surface area contributed by atoms with Gasteiger partial charge in [0.2, 0.25) is 0 Å². The van der Waals surface area contributed by atoms with Crippen LogP contribution >= 0.6 is 0 Å². The lowest BCUT2D eigenvalue weighted by atomic mass is 10.0. The summed E-state index contributed by atoms with van der Waals surface area (Å²) < 4.78 is 37.4. The van der Waals surface area contributed by atoms with E-state index >= 15 is 0 Å². The van der Waals surface area contributed by atoms with Gasteiger partial charge in [-0.2, -0.15) is 13.2 Å². The highest BCUT2D eigenvalue weighted by Crippen LogP contribution is 2.31. The quantitative estimate of drug-likeness (QED) is 0.634. The van der Waals surface area contributed by atoms with E-state index in [1.165, 1.54) is 0 Å². The van der Waals surface area contributed by atoms with Crippen molar-refractivity contribution in [2.45, 2.75) is 19.1 Å². The van der Waals surface area contributed by atoms with Crippen LogP contribution < -0.4 is 11.1 Å². The van der Waals surface area contributed by atoms with Gasteiger partial charge in [-0.3, -0.25) is 4.79 Å². The van der Waals surface area contributed by atoms with E-state index in [1.807, 2.05) is 0 Å². The molecule has 94 valence electrons. The summed E-state index contributed by atoms with van der Waals surface area (Å²) in [5.41, 5.74) is 4.57. The molecule has 0 bridgehead atoms.